The number of hydrogen-bond donors (Lipinski definition) is 1. The number of carbonyl (C=O) groups excluding carboxylic acids is 2. The van der Waals surface area contributed by atoms with Crippen molar-refractivity contribution in [1.29, 1.82) is 0 Å². The smallest absolute Gasteiger partial charge is 0.244 e. The molecule has 0 aromatic heterocycles. The molecule has 3 aromatic carbocycles. The number of anilines is 1. The first-order valence-corrected chi connectivity index (χ1v) is 16.3. The Balaban J connectivity index is 1.72. The van der Waals surface area contributed by atoms with Crippen molar-refractivity contribution in [2.45, 2.75) is 71.0 Å². The number of nitrogens with zero attached hydrogens (tertiary/aromatic N) is 2. The van der Waals surface area contributed by atoms with Crippen LogP contribution in [0.25, 0.3) is 0 Å². The normalized spacial score (nSPS) is 14.4. The molecule has 41 heavy (non-hydrogen) atoms. The molecular weight excluding hydrogens is 534 g/mol. The van der Waals surface area contributed by atoms with Crippen molar-refractivity contribution in [1.82, 2.24) is 10.2 Å². The molecule has 1 saturated carbocycles. The first-order chi connectivity index (χ1) is 19.7. The lowest BCUT2D eigenvalue weighted by atomic mass is 10.0. The maximum atomic E-state index is 14.2. The van der Waals surface area contributed by atoms with Crippen molar-refractivity contribution in [3.8, 4) is 0 Å². The lowest BCUT2D eigenvalue weighted by molar-refractivity contribution is -0.140. The van der Waals surface area contributed by atoms with Gasteiger partial charge in [-0.2, -0.15) is 0 Å². The number of benzene rings is 3. The first-order valence-electron chi connectivity index (χ1n) is 14.4. The second-order valence-electron chi connectivity index (χ2n) is 10.9. The summed E-state index contributed by atoms with van der Waals surface area (Å²) in [5.41, 5.74) is 4.32. The zero-order valence-corrected chi connectivity index (χ0v) is 25.1. The van der Waals surface area contributed by atoms with E-state index >= 15 is 0 Å². The summed E-state index contributed by atoms with van der Waals surface area (Å²) in [6, 6.07) is 23.9. The first kappa shape index (κ1) is 30.3. The topological polar surface area (TPSA) is 86.8 Å². The Kier molecular flexibility index (Phi) is 10.2. The van der Waals surface area contributed by atoms with Gasteiger partial charge in [0.25, 0.3) is 0 Å². The van der Waals surface area contributed by atoms with Gasteiger partial charge in [0.2, 0.25) is 21.8 Å². The summed E-state index contributed by atoms with van der Waals surface area (Å²) in [7, 11) is -3.79. The molecule has 218 valence electrons. The van der Waals surface area contributed by atoms with Crippen LogP contribution >= 0.6 is 0 Å². The van der Waals surface area contributed by atoms with Crippen molar-refractivity contribution >= 4 is 27.5 Å². The zero-order chi connectivity index (χ0) is 29.4. The second-order valence-corrected chi connectivity index (χ2v) is 12.8. The molecule has 0 aliphatic heterocycles. The molecule has 4 rings (SSSR count). The summed E-state index contributed by atoms with van der Waals surface area (Å²) in [6.45, 7) is 3.78. The lowest BCUT2D eigenvalue weighted by Crippen LogP contribution is -2.54. The predicted molar refractivity (Wildman–Crippen MR) is 164 cm³/mol. The average Bonchev–Trinajstić information content (AvgIpc) is 3.47. The van der Waals surface area contributed by atoms with E-state index in [1.807, 2.05) is 80.6 Å². The van der Waals surface area contributed by atoms with Crippen LogP contribution in [0.1, 0.15) is 54.9 Å². The molecule has 0 bridgehead atoms. The van der Waals surface area contributed by atoms with Crippen LogP contribution < -0.4 is 9.62 Å². The highest BCUT2D eigenvalue weighted by molar-refractivity contribution is 7.92. The standard InChI is InChI=1S/C33H41N3O4S/c1-4-26-18-20-30(21-19-26)36(41(3,39)40)24-32(37)35(23-28-15-9-8-12-25(28)2)31(22-27-13-6-5-7-14-27)33(38)34-29-16-10-11-17-29/h5-9,12-15,18-21,29,31H,4,10-11,16-17,22-24H2,1-3H3,(H,34,38)/t31-/m1/s1. The van der Waals surface area contributed by atoms with E-state index in [2.05, 4.69) is 5.32 Å². The van der Waals surface area contributed by atoms with Crippen molar-refractivity contribution in [2.24, 2.45) is 0 Å². The second kappa shape index (κ2) is 13.8. The molecule has 1 aliphatic carbocycles. The number of carbonyl (C=O) groups is 2. The molecule has 1 fully saturated rings. The van der Waals surface area contributed by atoms with Crippen molar-refractivity contribution in [2.75, 3.05) is 17.1 Å². The Labute approximate surface area is 244 Å². The van der Waals surface area contributed by atoms with E-state index in [1.165, 1.54) is 0 Å². The third-order valence-electron chi connectivity index (χ3n) is 7.89. The third-order valence-corrected chi connectivity index (χ3v) is 9.03. The molecule has 0 saturated heterocycles. The molecule has 0 unspecified atom stereocenters. The van der Waals surface area contributed by atoms with Gasteiger partial charge in [-0.05, 0) is 60.6 Å². The fourth-order valence-corrected chi connectivity index (χ4v) is 6.25. The van der Waals surface area contributed by atoms with Gasteiger partial charge in [-0.3, -0.25) is 13.9 Å². The summed E-state index contributed by atoms with van der Waals surface area (Å²) in [5, 5.41) is 3.20. The van der Waals surface area contributed by atoms with E-state index in [0.717, 1.165) is 64.9 Å². The van der Waals surface area contributed by atoms with Gasteiger partial charge in [-0.1, -0.05) is 86.5 Å². The van der Waals surface area contributed by atoms with Crippen molar-refractivity contribution in [3.63, 3.8) is 0 Å². The highest BCUT2D eigenvalue weighted by atomic mass is 32.2. The van der Waals surface area contributed by atoms with E-state index in [1.54, 1.807) is 17.0 Å². The molecule has 8 heteroatoms. The molecule has 3 aromatic rings. The third kappa shape index (κ3) is 8.19. The van der Waals surface area contributed by atoms with Gasteiger partial charge < -0.3 is 10.2 Å². The molecule has 0 radical (unpaired) electrons. The molecular formula is C33H41N3O4S. The van der Waals surface area contributed by atoms with E-state index in [0.29, 0.717) is 12.1 Å². The Morgan fingerprint density at radius 1 is 0.902 bits per heavy atom. The molecule has 2 amide bonds. The van der Waals surface area contributed by atoms with E-state index in [4.69, 9.17) is 0 Å². The van der Waals surface area contributed by atoms with Crippen LogP contribution in [0.5, 0.6) is 0 Å². The van der Waals surface area contributed by atoms with E-state index in [9.17, 15) is 18.0 Å². The van der Waals surface area contributed by atoms with E-state index in [-0.39, 0.29) is 18.5 Å². The molecule has 0 spiro atoms. The number of rotatable bonds is 12. The van der Waals surface area contributed by atoms with Crippen LogP contribution in [0, 0.1) is 6.92 Å². The summed E-state index contributed by atoms with van der Waals surface area (Å²) < 4.78 is 27.0. The van der Waals surface area contributed by atoms with E-state index < -0.39 is 28.5 Å². The van der Waals surface area contributed by atoms with Crippen LogP contribution in [-0.2, 0) is 39.0 Å². The van der Waals surface area contributed by atoms with Crippen LogP contribution in [0.2, 0.25) is 0 Å². The van der Waals surface area contributed by atoms with Crippen LogP contribution in [0.4, 0.5) is 5.69 Å². The summed E-state index contributed by atoms with van der Waals surface area (Å²) in [4.78, 5) is 29.7. The number of sulfonamides is 1. The van der Waals surface area contributed by atoms with Gasteiger partial charge in [0.1, 0.15) is 12.6 Å². The van der Waals surface area contributed by atoms with Gasteiger partial charge in [0.05, 0.1) is 11.9 Å². The Bertz CT molecular complexity index is 1420. The average molecular weight is 576 g/mol. The summed E-state index contributed by atoms with van der Waals surface area (Å²) >= 11 is 0. The highest BCUT2D eigenvalue weighted by Gasteiger charge is 2.34. The fourth-order valence-electron chi connectivity index (χ4n) is 5.40. The van der Waals surface area contributed by atoms with Gasteiger partial charge in [0, 0.05) is 19.0 Å². The largest absolute Gasteiger partial charge is 0.352 e. The SMILES string of the molecule is CCc1ccc(N(CC(=O)N(Cc2ccccc2C)[C@H](Cc2ccccc2)C(=O)NC2CCCC2)S(C)(=O)=O)cc1. The van der Waals surface area contributed by atoms with Crippen molar-refractivity contribution < 1.29 is 18.0 Å². The number of nitrogens with one attached hydrogen (secondary N) is 1. The predicted octanol–water partition coefficient (Wildman–Crippen LogP) is 5.02. The quantitative estimate of drug-likeness (QED) is 0.329. The number of aryl methyl sites for hydroxylation is 2. The monoisotopic (exact) mass is 575 g/mol. The minimum Gasteiger partial charge on any atom is -0.352 e. The molecule has 0 heterocycles. The zero-order valence-electron chi connectivity index (χ0n) is 24.3. The molecule has 1 atom stereocenters. The Morgan fingerprint density at radius 3 is 2.15 bits per heavy atom. The molecule has 7 nitrogen and oxygen atoms in total. The maximum Gasteiger partial charge on any atom is 0.244 e. The van der Waals surface area contributed by atoms with Crippen LogP contribution in [-0.4, -0.2) is 50.0 Å². The highest BCUT2D eigenvalue weighted by Crippen LogP contribution is 2.23. The summed E-state index contributed by atoms with van der Waals surface area (Å²) in [6.07, 6.45) is 6.23. The van der Waals surface area contributed by atoms with Crippen molar-refractivity contribution in [3.05, 3.63) is 101 Å². The van der Waals surface area contributed by atoms with Gasteiger partial charge >= 0.3 is 0 Å². The lowest BCUT2D eigenvalue weighted by Gasteiger charge is -2.34. The number of amides is 2. The van der Waals surface area contributed by atoms with Crippen LogP contribution in [0.3, 0.4) is 0 Å². The Morgan fingerprint density at radius 2 is 1.54 bits per heavy atom. The van der Waals surface area contributed by atoms with Gasteiger partial charge in [-0.25, -0.2) is 8.42 Å². The minimum atomic E-state index is -3.79. The molecule has 1 aliphatic rings. The van der Waals surface area contributed by atoms with Crippen LogP contribution in [0.15, 0.2) is 78.9 Å². The molecule has 1 N–H and O–H groups in total. The Hall–Kier alpha value is -3.65. The maximum absolute atomic E-state index is 14.2. The summed E-state index contributed by atoms with van der Waals surface area (Å²) in [5.74, 6) is -0.637. The van der Waals surface area contributed by atoms with Gasteiger partial charge in [-0.15, -0.1) is 0 Å². The number of hydrogen-bond acceptors (Lipinski definition) is 4. The minimum absolute atomic E-state index is 0.0841. The fraction of sp³-hybridized carbons (Fsp3) is 0.394. The van der Waals surface area contributed by atoms with Gasteiger partial charge in [0.15, 0.2) is 0 Å².